The number of hydrogen-bond donors (Lipinski definition) is 1. The van der Waals surface area contributed by atoms with E-state index in [0.717, 1.165) is 15.9 Å². The summed E-state index contributed by atoms with van der Waals surface area (Å²) >= 11 is 3.51. The van der Waals surface area contributed by atoms with Gasteiger partial charge < -0.3 is 10.1 Å². The molecular formula is C14H18BrNO. The van der Waals surface area contributed by atoms with Crippen LogP contribution in [-0.4, -0.2) is 12.1 Å². The number of anilines is 1. The third-order valence-corrected chi connectivity index (χ3v) is 4.26. The Kier molecular flexibility index (Phi) is 3.28. The summed E-state index contributed by atoms with van der Waals surface area (Å²) in [4.78, 5) is 0. The van der Waals surface area contributed by atoms with E-state index in [2.05, 4.69) is 33.4 Å². The maximum Gasteiger partial charge on any atom is 0.143 e. The summed E-state index contributed by atoms with van der Waals surface area (Å²) in [6.45, 7) is 0. The largest absolute Gasteiger partial charge is 0.486 e. The van der Waals surface area contributed by atoms with Gasteiger partial charge in [-0.05, 0) is 37.5 Å². The maximum atomic E-state index is 6.14. The molecule has 0 radical (unpaired) electrons. The van der Waals surface area contributed by atoms with Crippen LogP contribution in [0.5, 0.6) is 5.75 Å². The molecule has 1 saturated carbocycles. The third kappa shape index (κ3) is 2.44. The first kappa shape index (κ1) is 11.4. The van der Waals surface area contributed by atoms with Gasteiger partial charge in [0.1, 0.15) is 11.9 Å². The van der Waals surface area contributed by atoms with Crippen molar-refractivity contribution >= 4 is 21.6 Å². The van der Waals surface area contributed by atoms with Gasteiger partial charge in [0.2, 0.25) is 0 Å². The molecule has 1 N–H and O–H groups in total. The van der Waals surface area contributed by atoms with E-state index in [0.29, 0.717) is 12.1 Å². The Morgan fingerprint density at radius 1 is 1.12 bits per heavy atom. The molecule has 0 saturated heterocycles. The van der Waals surface area contributed by atoms with Gasteiger partial charge in [-0.15, -0.1) is 0 Å². The zero-order valence-corrected chi connectivity index (χ0v) is 11.5. The molecule has 0 spiro atoms. The van der Waals surface area contributed by atoms with Gasteiger partial charge in [-0.3, -0.25) is 0 Å². The van der Waals surface area contributed by atoms with E-state index >= 15 is 0 Å². The van der Waals surface area contributed by atoms with Gasteiger partial charge in [0, 0.05) is 4.47 Å². The van der Waals surface area contributed by atoms with E-state index in [-0.39, 0.29) is 0 Å². The Morgan fingerprint density at radius 3 is 2.82 bits per heavy atom. The van der Waals surface area contributed by atoms with Gasteiger partial charge >= 0.3 is 0 Å². The molecule has 1 aliphatic heterocycles. The molecule has 0 bridgehead atoms. The zero-order chi connectivity index (χ0) is 11.7. The minimum absolute atomic E-state index is 0.365. The fourth-order valence-corrected chi connectivity index (χ4v) is 3.20. The lowest BCUT2D eigenvalue weighted by Crippen LogP contribution is -2.42. The van der Waals surface area contributed by atoms with Crippen LogP contribution in [0.15, 0.2) is 22.7 Å². The number of fused-ring (bicyclic) bond motifs is 2. The highest BCUT2D eigenvalue weighted by molar-refractivity contribution is 9.10. The predicted molar refractivity (Wildman–Crippen MR) is 73.7 cm³/mol. The van der Waals surface area contributed by atoms with E-state index in [4.69, 9.17) is 4.74 Å². The van der Waals surface area contributed by atoms with Gasteiger partial charge in [-0.25, -0.2) is 0 Å². The summed E-state index contributed by atoms with van der Waals surface area (Å²) in [6, 6.07) is 6.72. The van der Waals surface area contributed by atoms with E-state index in [1.54, 1.807) is 0 Å². The smallest absolute Gasteiger partial charge is 0.143 e. The van der Waals surface area contributed by atoms with Crippen LogP contribution >= 0.6 is 15.9 Å². The summed E-state index contributed by atoms with van der Waals surface area (Å²) in [5, 5.41) is 3.65. The number of rotatable bonds is 0. The predicted octanol–water partition coefficient (Wildman–Crippen LogP) is 4.34. The van der Waals surface area contributed by atoms with Gasteiger partial charge in [0.25, 0.3) is 0 Å². The first-order valence-corrected chi connectivity index (χ1v) is 7.35. The van der Waals surface area contributed by atoms with E-state index in [9.17, 15) is 0 Å². The first-order valence-electron chi connectivity index (χ1n) is 6.56. The van der Waals surface area contributed by atoms with Crippen LogP contribution in [0.3, 0.4) is 0 Å². The molecule has 2 nitrogen and oxygen atoms in total. The van der Waals surface area contributed by atoms with Crippen molar-refractivity contribution in [3.63, 3.8) is 0 Å². The normalized spacial score (nSPS) is 27.8. The Balaban J connectivity index is 1.84. The second-order valence-electron chi connectivity index (χ2n) is 5.04. The zero-order valence-electron chi connectivity index (χ0n) is 9.92. The van der Waals surface area contributed by atoms with Crippen molar-refractivity contribution in [3.05, 3.63) is 22.7 Å². The molecule has 1 fully saturated rings. The molecule has 1 aromatic rings. The lowest BCUT2D eigenvalue weighted by atomic mass is 9.93. The summed E-state index contributed by atoms with van der Waals surface area (Å²) in [5.41, 5.74) is 1.14. The van der Waals surface area contributed by atoms with Gasteiger partial charge in [0.05, 0.1) is 11.7 Å². The van der Waals surface area contributed by atoms with Crippen LogP contribution < -0.4 is 10.1 Å². The van der Waals surface area contributed by atoms with Crippen molar-refractivity contribution in [3.8, 4) is 5.75 Å². The van der Waals surface area contributed by atoms with Crippen LogP contribution in [0.1, 0.15) is 38.5 Å². The van der Waals surface area contributed by atoms with E-state index in [1.165, 1.54) is 38.5 Å². The molecule has 92 valence electrons. The monoisotopic (exact) mass is 295 g/mol. The van der Waals surface area contributed by atoms with Gasteiger partial charge in [0.15, 0.2) is 0 Å². The fraction of sp³-hybridized carbons (Fsp3) is 0.571. The summed E-state index contributed by atoms with van der Waals surface area (Å²) in [7, 11) is 0. The number of hydrogen-bond acceptors (Lipinski definition) is 2. The molecule has 1 heterocycles. The van der Waals surface area contributed by atoms with Crippen LogP contribution in [0.2, 0.25) is 0 Å². The standard InChI is InChI=1S/C14H18BrNO/c15-10-7-8-14-12(9-10)16-11-5-3-1-2-4-6-13(11)17-14/h7-9,11,13,16H,1-6H2. The first-order chi connectivity index (χ1) is 8.33. The molecule has 0 amide bonds. The average Bonchev–Trinajstić information content (AvgIpc) is 2.29. The quantitative estimate of drug-likeness (QED) is 0.768. The molecule has 1 aromatic carbocycles. The summed E-state index contributed by atoms with van der Waals surface area (Å²) in [5.74, 6) is 1.01. The molecule has 17 heavy (non-hydrogen) atoms. The molecule has 2 atom stereocenters. The summed E-state index contributed by atoms with van der Waals surface area (Å²) < 4.78 is 7.25. The SMILES string of the molecule is Brc1ccc2c(c1)NC1CCCCCCC1O2. The van der Waals surface area contributed by atoms with E-state index in [1.807, 2.05) is 6.07 Å². The van der Waals surface area contributed by atoms with Crippen molar-refractivity contribution in [1.82, 2.24) is 0 Å². The lowest BCUT2D eigenvalue weighted by Gasteiger charge is -2.36. The summed E-state index contributed by atoms with van der Waals surface area (Å²) in [6.07, 6.45) is 8.14. The highest BCUT2D eigenvalue weighted by Gasteiger charge is 2.29. The topological polar surface area (TPSA) is 21.3 Å². The maximum absolute atomic E-state index is 6.14. The van der Waals surface area contributed by atoms with E-state index < -0.39 is 0 Å². The number of benzene rings is 1. The molecular weight excluding hydrogens is 278 g/mol. The minimum atomic E-state index is 0.365. The van der Waals surface area contributed by atoms with Crippen LogP contribution in [-0.2, 0) is 0 Å². The third-order valence-electron chi connectivity index (χ3n) is 3.76. The molecule has 2 aliphatic rings. The van der Waals surface area contributed by atoms with Gasteiger partial charge in [-0.1, -0.05) is 35.2 Å². The molecule has 0 aromatic heterocycles. The second-order valence-corrected chi connectivity index (χ2v) is 5.95. The molecule has 1 aliphatic carbocycles. The van der Waals surface area contributed by atoms with Gasteiger partial charge in [-0.2, -0.15) is 0 Å². The molecule has 3 rings (SSSR count). The number of nitrogens with one attached hydrogen (secondary N) is 1. The lowest BCUT2D eigenvalue weighted by molar-refractivity contribution is 0.143. The average molecular weight is 296 g/mol. The van der Waals surface area contributed by atoms with Crippen LogP contribution in [0, 0.1) is 0 Å². The van der Waals surface area contributed by atoms with Crippen molar-refractivity contribution in [2.24, 2.45) is 0 Å². The number of halogens is 1. The number of ether oxygens (including phenoxy) is 1. The fourth-order valence-electron chi connectivity index (χ4n) is 2.84. The molecule has 2 unspecified atom stereocenters. The highest BCUT2D eigenvalue weighted by Crippen LogP contribution is 2.36. The Bertz CT molecular complexity index is 407. The highest BCUT2D eigenvalue weighted by atomic mass is 79.9. The van der Waals surface area contributed by atoms with Crippen molar-refractivity contribution in [2.45, 2.75) is 50.7 Å². The van der Waals surface area contributed by atoms with Crippen molar-refractivity contribution in [1.29, 1.82) is 0 Å². The van der Waals surface area contributed by atoms with Crippen molar-refractivity contribution in [2.75, 3.05) is 5.32 Å². The van der Waals surface area contributed by atoms with Crippen molar-refractivity contribution < 1.29 is 4.74 Å². The van der Waals surface area contributed by atoms with Crippen LogP contribution in [0.4, 0.5) is 5.69 Å². The Labute approximate surface area is 111 Å². The minimum Gasteiger partial charge on any atom is -0.486 e. The Morgan fingerprint density at radius 2 is 1.94 bits per heavy atom. The Hall–Kier alpha value is -0.700. The second kappa shape index (κ2) is 4.89. The van der Waals surface area contributed by atoms with Crippen LogP contribution in [0.25, 0.3) is 0 Å². The molecule has 3 heteroatoms.